The number of amides is 1. The standard InChI is InChI=1S/C19H24N2O2S/c1-14-20-17(13-24-14)4-3-5-19(22)21-11-10-16(12-21)15-6-8-18(23-2)9-7-15/h6-9,13,16H,3-5,10-12H2,1-2H3/t16-/m1/s1. The normalized spacial score (nSPS) is 17.2. The van der Waals surface area contributed by atoms with Crippen LogP contribution < -0.4 is 4.74 Å². The summed E-state index contributed by atoms with van der Waals surface area (Å²) >= 11 is 1.67. The number of ether oxygens (including phenoxy) is 1. The van der Waals surface area contributed by atoms with Gasteiger partial charge in [0.15, 0.2) is 0 Å². The van der Waals surface area contributed by atoms with Gasteiger partial charge in [-0.2, -0.15) is 0 Å². The lowest BCUT2D eigenvalue weighted by molar-refractivity contribution is -0.130. The summed E-state index contributed by atoms with van der Waals surface area (Å²) in [5, 5.41) is 3.19. The summed E-state index contributed by atoms with van der Waals surface area (Å²) in [4.78, 5) is 18.9. The number of likely N-dealkylation sites (tertiary alicyclic amines) is 1. The van der Waals surface area contributed by atoms with Crippen LogP contribution in [0.5, 0.6) is 5.75 Å². The second-order valence-electron chi connectivity index (χ2n) is 6.31. The largest absolute Gasteiger partial charge is 0.497 e. The molecule has 1 saturated heterocycles. The van der Waals surface area contributed by atoms with Crippen molar-refractivity contribution >= 4 is 17.2 Å². The van der Waals surface area contributed by atoms with Crippen LogP contribution in [0.1, 0.15) is 41.4 Å². The number of carbonyl (C=O) groups is 1. The SMILES string of the molecule is COc1ccc([C@@H]2CCN(C(=O)CCCc3csc(C)n3)C2)cc1. The van der Waals surface area contributed by atoms with Gasteiger partial charge in [-0.25, -0.2) is 4.98 Å². The van der Waals surface area contributed by atoms with E-state index in [1.54, 1.807) is 18.4 Å². The first kappa shape index (κ1) is 17.0. The first-order valence-corrected chi connectivity index (χ1v) is 9.36. The van der Waals surface area contributed by atoms with Crippen molar-refractivity contribution in [1.82, 2.24) is 9.88 Å². The quantitative estimate of drug-likeness (QED) is 0.800. The van der Waals surface area contributed by atoms with Crippen molar-refractivity contribution in [1.29, 1.82) is 0 Å². The monoisotopic (exact) mass is 344 g/mol. The fourth-order valence-electron chi connectivity index (χ4n) is 3.24. The molecule has 0 radical (unpaired) electrons. The number of aryl methyl sites for hydroxylation is 2. The summed E-state index contributed by atoms with van der Waals surface area (Å²) in [6, 6.07) is 8.22. The predicted octanol–water partition coefficient (Wildman–Crippen LogP) is 3.80. The van der Waals surface area contributed by atoms with Gasteiger partial charge < -0.3 is 9.64 Å². The fourth-order valence-corrected chi connectivity index (χ4v) is 3.88. The van der Waals surface area contributed by atoms with Crippen LogP contribution in [0.3, 0.4) is 0 Å². The summed E-state index contributed by atoms with van der Waals surface area (Å²) in [7, 11) is 1.68. The first-order chi connectivity index (χ1) is 11.7. The van der Waals surface area contributed by atoms with Gasteiger partial charge in [0.25, 0.3) is 0 Å². The third-order valence-corrected chi connectivity index (χ3v) is 5.44. The van der Waals surface area contributed by atoms with E-state index in [0.29, 0.717) is 12.3 Å². The van der Waals surface area contributed by atoms with Gasteiger partial charge in [0.2, 0.25) is 5.91 Å². The van der Waals surface area contributed by atoms with Gasteiger partial charge in [0.1, 0.15) is 5.75 Å². The zero-order valence-corrected chi connectivity index (χ0v) is 15.1. The molecule has 1 aliphatic heterocycles. The van der Waals surface area contributed by atoms with E-state index in [9.17, 15) is 4.79 Å². The molecule has 0 bridgehead atoms. The van der Waals surface area contributed by atoms with E-state index in [4.69, 9.17) is 4.74 Å². The minimum absolute atomic E-state index is 0.276. The van der Waals surface area contributed by atoms with Crippen LogP contribution in [0.2, 0.25) is 0 Å². The average molecular weight is 344 g/mol. The highest BCUT2D eigenvalue weighted by Crippen LogP contribution is 2.29. The molecule has 1 amide bonds. The Labute approximate surface area is 147 Å². The lowest BCUT2D eigenvalue weighted by Crippen LogP contribution is -2.28. The number of thiazole rings is 1. The fraction of sp³-hybridized carbons (Fsp3) is 0.474. The van der Waals surface area contributed by atoms with Crippen LogP contribution in [0.25, 0.3) is 0 Å². The molecule has 1 fully saturated rings. The predicted molar refractivity (Wildman–Crippen MR) is 96.7 cm³/mol. The molecule has 5 heteroatoms. The number of hydrogen-bond donors (Lipinski definition) is 0. The molecular weight excluding hydrogens is 320 g/mol. The maximum atomic E-state index is 12.4. The second-order valence-corrected chi connectivity index (χ2v) is 7.37. The van der Waals surface area contributed by atoms with Gasteiger partial charge in [-0.15, -0.1) is 11.3 Å². The summed E-state index contributed by atoms with van der Waals surface area (Å²) in [6.45, 7) is 3.72. The minimum Gasteiger partial charge on any atom is -0.497 e. The molecule has 1 aromatic heterocycles. The molecule has 1 aliphatic rings. The lowest BCUT2D eigenvalue weighted by atomic mass is 9.98. The molecule has 2 heterocycles. The molecule has 1 aromatic carbocycles. The van der Waals surface area contributed by atoms with E-state index < -0.39 is 0 Å². The van der Waals surface area contributed by atoms with E-state index in [1.807, 2.05) is 24.0 Å². The van der Waals surface area contributed by atoms with E-state index in [2.05, 4.69) is 22.5 Å². The molecule has 0 spiro atoms. The maximum absolute atomic E-state index is 12.4. The van der Waals surface area contributed by atoms with Crippen LogP contribution in [0.4, 0.5) is 0 Å². The maximum Gasteiger partial charge on any atom is 0.222 e. The molecule has 1 atom stereocenters. The van der Waals surface area contributed by atoms with Crippen LogP contribution in [0, 0.1) is 6.92 Å². The van der Waals surface area contributed by atoms with E-state index in [1.165, 1.54) is 5.56 Å². The van der Waals surface area contributed by atoms with Crippen LogP contribution in [-0.2, 0) is 11.2 Å². The highest BCUT2D eigenvalue weighted by Gasteiger charge is 2.26. The number of aromatic nitrogens is 1. The number of methoxy groups -OCH3 is 1. The second kappa shape index (κ2) is 7.79. The Morgan fingerprint density at radius 3 is 2.83 bits per heavy atom. The molecule has 0 aliphatic carbocycles. The highest BCUT2D eigenvalue weighted by atomic mass is 32.1. The van der Waals surface area contributed by atoms with E-state index in [-0.39, 0.29) is 5.91 Å². The summed E-state index contributed by atoms with van der Waals surface area (Å²) in [5.41, 5.74) is 2.41. The van der Waals surface area contributed by atoms with Crippen molar-refractivity contribution in [3.05, 3.63) is 45.9 Å². The summed E-state index contributed by atoms with van der Waals surface area (Å²) < 4.78 is 5.20. The number of benzene rings is 1. The third-order valence-electron chi connectivity index (χ3n) is 4.62. The van der Waals surface area contributed by atoms with Crippen LogP contribution >= 0.6 is 11.3 Å². The van der Waals surface area contributed by atoms with Crippen molar-refractivity contribution in [2.75, 3.05) is 20.2 Å². The Balaban J connectivity index is 1.46. The Kier molecular flexibility index (Phi) is 5.51. The summed E-state index contributed by atoms with van der Waals surface area (Å²) in [6.07, 6.45) is 3.44. The molecule has 2 aromatic rings. The molecule has 3 rings (SSSR count). The molecule has 0 N–H and O–H groups in total. The van der Waals surface area contributed by atoms with Crippen molar-refractivity contribution in [3.63, 3.8) is 0 Å². The van der Waals surface area contributed by atoms with E-state index >= 15 is 0 Å². The van der Waals surface area contributed by atoms with Gasteiger partial charge in [-0.3, -0.25) is 4.79 Å². The van der Waals surface area contributed by atoms with E-state index in [0.717, 1.165) is 48.8 Å². The number of carbonyl (C=O) groups excluding carboxylic acids is 1. The van der Waals surface area contributed by atoms with Gasteiger partial charge in [-0.05, 0) is 43.9 Å². The zero-order chi connectivity index (χ0) is 16.9. The van der Waals surface area contributed by atoms with Crippen molar-refractivity contribution in [2.24, 2.45) is 0 Å². The highest BCUT2D eigenvalue weighted by molar-refractivity contribution is 7.09. The molecule has 4 nitrogen and oxygen atoms in total. The Hall–Kier alpha value is -1.88. The van der Waals surface area contributed by atoms with Gasteiger partial charge in [0.05, 0.1) is 17.8 Å². The molecular formula is C19H24N2O2S. The van der Waals surface area contributed by atoms with Crippen LogP contribution in [0.15, 0.2) is 29.6 Å². The zero-order valence-electron chi connectivity index (χ0n) is 14.3. The third kappa shape index (κ3) is 4.15. The molecule has 24 heavy (non-hydrogen) atoms. The van der Waals surface area contributed by atoms with Crippen molar-refractivity contribution in [2.45, 2.75) is 38.5 Å². The first-order valence-electron chi connectivity index (χ1n) is 8.48. The number of nitrogens with zero attached hydrogens (tertiary/aromatic N) is 2. The summed E-state index contributed by atoms with van der Waals surface area (Å²) in [5.74, 6) is 1.60. The molecule has 0 saturated carbocycles. The molecule has 128 valence electrons. The van der Waals surface area contributed by atoms with Crippen molar-refractivity contribution in [3.8, 4) is 5.75 Å². The number of rotatable bonds is 6. The molecule has 0 unspecified atom stereocenters. The lowest BCUT2D eigenvalue weighted by Gasteiger charge is -2.16. The average Bonchev–Trinajstić information content (AvgIpc) is 3.24. The van der Waals surface area contributed by atoms with Crippen LogP contribution in [-0.4, -0.2) is 36.0 Å². The Morgan fingerprint density at radius 1 is 1.38 bits per heavy atom. The number of hydrogen-bond acceptors (Lipinski definition) is 4. The van der Waals surface area contributed by atoms with Crippen molar-refractivity contribution < 1.29 is 9.53 Å². The van der Waals surface area contributed by atoms with Gasteiger partial charge in [0, 0.05) is 30.8 Å². The topological polar surface area (TPSA) is 42.4 Å². The van der Waals surface area contributed by atoms with Gasteiger partial charge >= 0.3 is 0 Å². The Morgan fingerprint density at radius 2 is 2.17 bits per heavy atom. The smallest absolute Gasteiger partial charge is 0.222 e. The minimum atomic E-state index is 0.276. The Bertz CT molecular complexity index is 681. The van der Waals surface area contributed by atoms with Gasteiger partial charge in [-0.1, -0.05) is 12.1 Å².